The molecule has 1 atom stereocenters. The molecule has 0 bridgehead atoms. The molecule has 1 heterocycles. The van der Waals surface area contributed by atoms with Crippen molar-refractivity contribution in [1.82, 2.24) is 5.32 Å². The van der Waals surface area contributed by atoms with Crippen molar-refractivity contribution in [3.8, 4) is 0 Å². The van der Waals surface area contributed by atoms with Crippen molar-refractivity contribution in [2.45, 2.75) is 19.6 Å². The van der Waals surface area contributed by atoms with E-state index in [1.165, 1.54) is 42.5 Å². The molecule has 1 aromatic carbocycles. The summed E-state index contributed by atoms with van der Waals surface area (Å²) in [6, 6.07) is 7.86. The summed E-state index contributed by atoms with van der Waals surface area (Å²) < 4.78 is 18.1. The Morgan fingerprint density at radius 3 is 2.88 bits per heavy atom. The quantitative estimate of drug-likeness (QED) is 0.624. The van der Waals surface area contributed by atoms with Gasteiger partial charge in [-0.3, -0.25) is 4.79 Å². The summed E-state index contributed by atoms with van der Waals surface area (Å²) in [5, 5.41) is 4.57. The Labute approximate surface area is 147 Å². The van der Waals surface area contributed by atoms with E-state index < -0.39 is 17.9 Å². The van der Waals surface area contributed by atoms with Gasteiger partial charge in [0.2, 0.25) is 0 Å². The van der Waals surface area contributed by atoms with Gasteiger partial charge in [-0.25, -0.2) is 9.18 Å². The van der Waals surface area contributed by atoms with Crippen LogP contribution in [0.1, 0.15) is 17.4 Å². The molecule has 0 spiro atoms. The van der Waals surface area contributed by atoms with Gasteiger partial charge < -0.3 is 10.1 Å². The van der Waals surface area contributed by atoms with E-state index in [0.29, 0.717) is 12.1 Å². The summed E-state index contributed by atoms with van der Waals surface area (Å²) in [6.07, 6.45) is 1.68. The lowest BCUT2D eigenvalue weighted by Gasteiger charge is -2.11. The van der Waals surface area contributed by atoms with E-state index in [1.807, 2.05) is 17.5 Å². The fraction of sp³-hybridized carbons (Fsp3) is 0.176. The SMILES string of the molecule is C[C@@H](OC(=O)/C=C/c1ccc(F)c(Cl)c1)C(=O)NCc1cccs1. The zero-order valence-corrected chi connectivity index (χ0v) is 14.4. The van der Waals surface area contributed by atoms with Crippen molar-refractivity contribution in [1.29, 1.82) is 0 Å². The first-order chi connectivity index (χ1) is 11.5. The Bertz CT molecular complexity index is 746. The monoisotopic (exact) mass is 367 g/mol. The third-order valence-corrected chi connectivity index (χ3v) is 4.20. The van der Waals surface area contributed by atoms with E-state index in [0.717, 1.165) is 11.0 Å². The summed E-state index contributed by atoms with van der Waals surface area (Å²) in [4.78, 5) is 24.6. The highest BCUT2D eigenvalue weighted by atomic mass is 35.5. The number of hydrogen-bond acceptors (Lipinski definition) is 4. The maximum Gasteiger partial charge on any atom is 0.331 e. The van der Waals surface area contributed by atoms with Crippen molar-refractivity contribution in [2.24, 2.45) is 0 Å². The molecule has 0 fully saturated rings. The molecule has 0 radical (unpaired) electrons. The smallest absolute Gasteiger partial charge is 0.331 e. The minimum Gasteiger partial charge on any atom is -0.449 e. The highest BCUT2D eigenvalue weighted by Crippen LogP contribution is 2.16. The van der Waals surface area contributed by atoms with Crippen LogP contribution in [0.5, 0.6) is 0 Å². The molecule has 0 saturated carbocycles. The van der Waals surface area contributed by atoms with Gasteiger partial charge in [-0.05, 0) is 42.1 Å². The van der Waals surface area contributed by atoms with E-state index in [1.54, 1.807) is 0 Å². The molecule has 1 aromatic heterocycles. The number of ether oxygens (including phenoxy) is 1. The summed E-state index contributed by atoms with van der Waals surface area (Å²) in [5.74, 6) is -1.59. The lowest BCUT2D eigenvalue weighted by Crippen LogP contribution is -2.34. The van der Waals surface area contributed by atoms with Gasteiger partial charge in [0.05, 0.1) is 11.6 Å². The van der Waals surface area contributed by atoms with Gasteiger partial charge in [0.25, 0.3) is 5.91 Å². The normalized spacial score (nSPS) is 12.1. The molecule has 0 aliphatic rings. The van der Waals surface area contributed by atoms with Crippen LogP contribution in [0.4, 0.5) is 4.39 Å². The van der Waals surface area contributed by atoms with Crippen molar-refractivity contribution in [3.63, 3.8) is 0 Å². The molecule has 7 heteroatoms. The first-order valence-electron chi connectivity index (χ1n) is 7.09. The van der Waals surface area contributed by atoms with Crippen LogP contribution < -0.4 is 5.32 Å². The number of thiophene rings is 1. The molecule has 2 aromatic rings. The van der Waals surface area contributed by atoms with Crippen LogP contribution in [-0.4, -0.2) is 18.0 Å². The standard InChI is InChI=1S/C17H15ClFNO3S/c1-11(17(22)20-10-13-3-2-8-24-13)23-16(21)7-5-12-4-6-15(19)14(18)9-12/h2-9,11H,10H2,1H3,(H,20,22)/b7-5+/t11-/m1/s1. The van der Waals surface area contributed by atoms with E-state index in [2.05, 4.69) is 5.32 Å². The molecule has 2 rings (SSSR count). The van der Waals surface area contributed by atoms with Gasteiger partial charge in [-0.1, -0.05) is 23.7 Å². The van der Waals surface area contributed by atoms with E-state index in [-0.39, 0.29) is 10.9 Å². The maximum absolute atomic E-state index is 13.0. The number of hydrogen-bond donors (Lipinski definition) is 1. The van der Waals surface area contributed by atoms with E-state index in [4.69, 9.17) is 16.3 Å². The van der Waals surface area contributed by atoms with Gasteiger partial charge in [0.15, 0.2) is 6.10 Å². The third-order valence-electron chi connectivity index (χ3n) is 3.03. The number of rotatable bonds is 6. The van der Waals surface area contributed by atoms with Crippen molar-refractivity contribution in [2.75, 3.05) is 0 Å². The van der Waals surface area contributed by atoms with E-state index in [9.17, 15) is 14.0 Å². The number of esters is 1. The fourth-order valence-corrected chi connectivity index (χ4v) is 2.61. The predicted molar refractivity (Wildman–Crippen MR) is 92.2 cm³/mol. The van der Waals surface area contributed by atoms with Crippen LogP contribution in [0.2, 0.25) is 5.02 Å². The molecule has 24 heavy (non-hydrogen) atoms. The average molecular weight is 368 g/mol. The molecule has 0 unspecified atom stereocenters. The number of carbonyl (C=O) groups excluding carboxylic acids is 2. The zero-order chi connectivity index (χ0) is 17.5. The maximum atomic E-state index is 13.0. The molecular weight excluding hydrogens is 353 g/mol. The van der Waals surface area contributed by atoms with Crippen molar-refractivity contribution < 1.29 is 18.7 Å². The second kappa shape index (κ2) is 8.61. The molecule has 0 saturated heterocycles. The Morgan fingerprint density at radius 1 is 1.42 bits per heavy atom. The number of nitrogens with one attached hydrogen (secondary N) is 1. The number of carbonyl (C=O) groups is 2. The highest BCUT2D eigenvalue weighted by Gasteiger charge is 2.16. The minimum atomic E-state index is -0.918. The van der Waals surface area contributed by atoms with Crippen LogP contribution in [-0.2, 0) is 20.9 Å². The minimum absolute atomic E-state index is 0.0353. The first kappa shape index (κ1) is 18.2. The molecular formula is C17H15ClFNO3S. The number of benzene rings is 1. The molecule has 0 aliphatic heterocycles. The average Bonchev–Trinajstić information content (AvgIpc) is 3.07. The third kappa shape index (κ3) is 5.47. The Balaban J connectivity index is 1.82. The van der Waals surface area contributed by atoms with E-state index >= 15 is 0 Å². The molecule has 1 N–H and O–H groups in total. The first-order valence-corrected chi connectivity index (χ1v) is 8.35. The lowest BCUT2D eigenvalue weighted by atomic mass is 10.2. The number of halogens is 2. The topological polar surface area (TPSA) is 55.4 Å². The molecule has 0 aliphatic carbocycles. The van der Waals surface area contributed by atoms with Crippen LogP contribution >= 0.6 is 22.9 Å². The van der Waals surface area contributed by atoms with Gasteiger partial charge in [-0.2, -0.15) is 0 Å². The Morgan fingerprint density at radius 2 is 2.21 bits per heavy atom. The summed E-state index contributed by atoms with van der Waals surface area (Å²) in [5.41, 5.74) is 0.549. The Kier molecular flexibility index (Phi) is 6.52. The van der Waals surface area contributed by atoms with Crippen LogP contribution in [0.15, 0.2) is 41.8 Å². The van der Waals surface area contributed by atoms with Crippen LogP contribution in [0.3, 0.4) is 0 Å². The second-order valence-corrected chi connectivity index (χ2v) is 6.32. The second-order valence-electron chi connectivity index (χ2n) is 4.88. The fourth-order valence-electron chi connectivity index (χ4n) is 1.78. The van der Waals surface area contributed by atoms with Crippen LogP contribution in [0, 0.1) is 5.82 Å². The number of amides is 1. The van der Waals surface area contributed by atoms with Crippen molar-refractivity contribution >= 4 is 40.9 Å². The van der Waals surface area contributed by atoms with Gasteiger partial charge in [0, 0.05) is 11.0 Å². The Hall–Kier alpha value is -2.18. The lowest BCUT2D eigenvalue weighted by molar-refractivity contribution is -0.150. The van der Waals surface area contributed by atoms with Gasteiger partial charge >= 0.3 is 5.97 Å². The summed E-state index contributed by atoms with van der Waals surface area (Å²) >= 11 is 7.18. The predicted octanol–water partition coefficient (Wildman–Crippen LogP) is 3.80. The van der Waals surface area contributed by atoms with Gasteiger partial charge in [0.1, 0.15) is 5.82 Å². The summed E-state index contributed by atoms with van der Waals surface area (Å²) in [7, 11) is 0. The summed E-state index contributed by atoms with van der Waals surface area (Å²) in [6.45, 7) is 1.88. The molecule has 126 valence electrons. The van der Waals surface area contributed by atoms with Crippen LogP contribution in [0.25, 0.3) is 6.08 Å². The largest absolute Gasteiger partial charge is 0.449 e. The van der Waals surface area contributed by atoms with Crippen molar-refractivity contribution in [3.05, 3.63) is 63.1 Å². The molecule has 4 nitrogen and oxygen atoms in total. The zero-order valence-electron chi connectivity index (χ0n) is 12.8. The highest BCUT2D eigenvalue weighted by molar-refractivity contribution is 7.09. The van der Waals surface area contributed by atoms with Gasteiger partial charge in [-0.15, -0.1) is 11.3 Å². The molecule has 1 amide bonds.